The molecule has 190 valence electrons. The highest BCUT2D eigenvalue weighted by molar-refractivity contribution is 6.01. The van der Waals surface area contributed by atoms with E-state index in [2.05, 4.69) is 57.6 Å². The number of hydrogen-bond donors (Lipinski definition) is 1. The molecular weight excluding hydrogens is 460 g/mol. The van der Waals surface area contributed by atoms with E-state index in [1.54, 1.807) is 18.5 Å². The minimum atomic E-state index is -0.0449. The molecule has 1 aliphatic rings. The Morgan fingerprint density at radius 2 is 1.97 bits per heavy atom. The number of nitrogens with zero attached hydrogens (tertiary/aromatic N) is 5. The smallest absolute Gasteiger partial charge is 0.233 e. The number of carbonyl (C=O) groups excluding carboxylic acids is 1. The number of rotatable bonds is 9. The Hall–Kier alpha value is -4.26. The molecule has 0 saturated carbocycles. The van der Waals surface area contributed by atoms with Gasteiger partial charge in [-0.2, -0.15) is 4.98 Å². The van der Waals surface area contributed by atoms with Gasteiger partial charge in [-0.25, -0.2) is 9.97 Å². The average Bonchev–Trinajstić information content (AvgIpc) is 3.54. The maximum absolute atomic E-state index is 12.9. The van der Waals surface area contributed by atoms with Crippen molar-refractivity contribution in [1.29, 1.82) is 0 Å². The van der Waals surface area contributed by atoms with Crippen LogP contribution in [0.1, 0.15) is 49.4 Å². The monoisotopic (exact) mass is 494 g/mol. The van der Waals surface area contributed by atoms with Gasteiger partial charge in [0.15, 0.2) is 0 Å². The van der Waals surface area contributed by atoms with E-state index >= 15 is 0 Å². The molecule has 1 unspecified atom stereocenters. The summed E-state index contributed by atoms with van der Waals surface area (Å²) >= 11 is 0. The van der Waals surface area contributed by atoms with E-state index in [0.717, 1.165) is 42.6 Å². The molecule has 2 aromatic carbocycles. The van der Waals surface area contributed by atoms with Crippen LogP contribution >= 0.6 is 0 Å². The van der Waals surface area contributed by atoms with Gasteiger partial charge in [-0.15, -0.1) is 6.58 Å². The quantitative estimate of drug-likeness (QED) is 0.277. The second-order valence-corrected chi connectivity index (χ2v) is 8.96. The van der Waals surface area contributed by atoms with Crippen molar-refractivity contribution in [2.45, 2.75) is 52.1 Å². The third-order valence-electron chi connectivity index (χ3n) is 6.19. The van der Waals surface area contributed by atoms with Crippen LogP contribution in [0.4, 0.5) is 17.5 Å². The molecule has 37 heavy (non-hydrogen) atoms. The summed E-state index contributed by atoms with van der Waals surface area (Å²) in [6.45, 7) is 8.29. The first-order valence-electron chi connectivity index (χ1n) is 12.7. The van der Waals surface area contributed by atoms with Crippen molar-refractivity contribution in [3.8, 4) is 0 Å². The molecule has 1 aliphatic heterocycles. The molecule has 4 aromatic rings. The summed E-state index contributed by atoms with van der Waals surface area (Å²) in [5, 5.41) is 3.33. The van der Waals surface area contributed by atoms with Gasteiger partial charge < -0.3 is 9.88 Å². The number of imidazole rings is 1. The molecule has 1 amide bonds. The van der Waals surface area contributed by atoms with E-state index in [4.69, 9.17) is 4.98 Å². The summed E-state index contributed by atoms with van der Waals surface area (Å²) in [4.78, 5) is 28.1. The fourth-order valence-corrected chi connectivity index (χ4v) is 4.54. The minimum Gasteiger partial charge on any atom is -0.337 e. The molecule has 7 heteroatoms. The molecule has 0 bridgehead atoms. The molecule has 7 nitrogen and oxygen atoms in total. The van der Waals surface area contributed by atoms with Crippen LogP contribution in [0.5, 0.6) is 0 Å². The maximum Gasteiger partial charge on any atom is 0.233 e. The first kappa shape index (κ1) is 25.8. The van der Waals surface area contributed by atoms with Crippen LogP contribution in [0.15, 0.2) is 92.2 Å². The summed E-state index contributed by atoms with van der Waals surface area (Å²) in [6, 6.07) is 18.4. The fraction of sp³-hybridized carbons (Fsp3) is 0.267. The number of anilines is 3. The van der Waals surface area contributed by atoms with E-state index < -0.39 is 0 Å². The van der Waals surface area contributed by atoms with Crippen molar-refractivity contribution in [3.63, 3.8) is 0 Å². The topological polar surface area (TPSA) is 75.9 Å². The predicted molar refractivity (Wildman–Crippen MR) is 149 cm³/mol. The van der Waals surface area contributed by atoms with Crippen molar-refractivity contribution in [2.75, 3.05) is 10.2 Å². The number of nitrogens with one attached hydrogen (secondary N) is 1. The Morgan fingerprint density at radius 3 is 2.70 bits per heavy atom. The van der Waals surface area contributed by atoms with E-state index in [0.29, 0.717) is 18.2 Å². The van der Waals surface area contributed by atoms with Crippen molar-refractivity contribution in [1.82, 2.24) is 19.5 Å². The molecule has 0 spiro atoms. The van der Waals surface area contributed by atoms with Gasteiger partial charge in [-0.3, -0.25) is 9.69 Å². The lowest BCUT2D eigenvalue weighted by atomic mass is 10.0. The second kappa shape index (κ2) is 12.6. The molecule has 0 radical (unpaired) electrons. The third kappa shape index (κ3) is 6.50. The highest BCUT2D eigenvalue weighted by Gasteiger charge is 2.35. The van der Waals surface area contributed by atoms with Gasteiger partial charge >= 0.3 is 0 Å². The standard InChI is InChI=1S/C27H28N6O.C3H6/c1-2-24(21-10-4-3-5-11-21)33-25(34)17-22-18-29-27(31-26(22)33)30-23-12-6-8-20(16-23)9-7-14-32-15-13-28-19-32;1-3-2/h3-6,8,10-13,15-16,18-19,24H,2,7,9,14,17H2,1H3,(H,29,30,31);3H,1H2,2H3. The number of aryl methyl sites for hydroxylation is 2. The Morgan fingerprint density at radius 1 is 1.16 bits per heavy atom. The van der Waals surface area contributed by atoms with Gasteiger partial charge in [0.05, 0.1) is 18.8 Å². The zero-order valence-electron chi connectivity index (χ0n) is 21.5. The van der Waals surface area contributed by atoms with Gasteiger partial charge in [0.1, 0.15) is 5.82 Å². The zero-order valence-corrected chi connectivity index (χ0v) is 21.5. The van der Waals surface area contributed by atoms with Crippen LogP contribution in [0, 0.1) is 0 Å². The van der Waals surface area contributed by atoms with Crippen molar-refractivity contribution < 1.29 is 4.79 Å². The zero-order chi connectivity index (χ0) is 26.0. The molecular formula is C30H34N6O. The molecule has 2 aromatic heterocycles. The Balaban J connectivity index is 0.00000102. The minimum absolute atomic E-state index is 0.0449. The van der Waals surface area contributed by atoms with Gasteiger partial charge in [-0.05, 0) is 49.4 Å². The number of allylic oxidation sites excluding steroid dienone is 1. The van der Waals surface area contributed by atoms with Gasteiger partial charge in [0.25, 0.3) is 0 Å². The Labute approximate surface area is 218 Å². The largest absolute Gasteiger partial charge is 0.337 e. The van der Waals surface area contributed by atoms with E-state index in [9.17, 15) is 4.79 Å². The van der Waals surface area contributed by atoms with Crippen molar-refractivity contribution in [3.05, 3.63) is 109 Å². The molecule has 0 fully saturated rings. The fourth-order valence-electron chi connectivity index (χ4n) is 4.54. The van der Waals surface area contributed by atoms with Crippen LogP contribution in [0.3, 0.4) is 0 Å². The summed E-state index contributed by atoms with van der Waals surface area (Å²) in [5.74, 6) is 1.27. The number of carbonyl (C=O) groups is 1. The molecule has 3 heterocycles. The van der Waals surface area contributed by atoms with Gasteiger partial charge in [0, 0.05) is 36.4 Å². The first-order valence-corrected chi connectivity index (χ1v) is 12.7. The summed E-state index contributed by atoms with van der Waals surface area (Å²) in [6.07, 6.45) is 12.3. The van der Waals surface area contributed by atoms with Crippen LogP contribution < -0.4 is 10.2 Å². The molecule has 5 rings (SSSR count). The van der Waals surface area contributed by atoms with Crippen LogP contribution in [-0.4, -0.2) is 25.4 Å². The van der Waals surface area contributed by atoms with E-state index in [1.807, 2.05) is 54.7 Å². The number of hydrogen-bond acceptors (Lipinski definition) is 5. The lowest BCUT2D eigenvalue weighted by molar-refractivity contribution is -0.117. The van der Waals surface area contributed by atoms with Crippen molar-refractivity contribution >= 4 is 23.4 Å². The van der Waals surface area contributed by atoms with Crippen LogP contribution in [-0.2, 0) is 24.2 Å². The normalized spacial score (nSPS) is 12.9. The average molecular weight is 495 g/mol. The van der Waals surface area contributed by atoms with E-state index in [1.165, 1.54) is 5.56 Å². The van der Waals surface area contributed by atoms with Crippen LogP contribution in [0.2, 0.25) is 0 Å². The Kier molecular flexibility index (Phi) is 8.81. The van der Waals surface area contributed by atoms with Gasteiger partial charge in [-0.1, -0.05) is 55.5 Å². The SMILES string of the molecule is C=CC.CCC(c1ccccc1)N1C(=O)Cc2cnc(Nc3cccc(CCCn4ccnc4)c3)nc21. The molecule has 0 saturated heterocycles. The highest BCUT2D eigenvalue weighted by atomic mass is 16.2. The summed E-state index contributed by atoms with van der Waals surface area (Å²) in [5.41, 5.74) is 4.17. The maximum atomic E-state index is 12.9. The number of aromatic nitrogens is 4. The third-order valence-corrected chi connectivity index (χ3v) is 6.19. The number of fused-ring (bicyclic) bond motifs is 1. The van der Waals surface area contributed by atoms with Gasteiger partial charge in [0.2, 0.25) is 11.9 Å². The lowest BCUT2D eigenvalue weighted by Crippen LogP contribution is -2.32. The molecule has 1 N–H and O–H groups in total. The van der Waals surface area contributed by atoms with Crippen LogP contribution in [0.25, 0.3) is 0 Å². The predicted octanol–water partition coefficient (Wildman–Crippen LogP) is 6.28. The van der Waals surface area contributed by atoms with E-state index in [-0.39, 0.29) is 11.9 Å². The highest BCUT2D eigenvalue weighted by Crippen LogP contribution is 2.36. The lowest BCUT2D eigenvalue weighted by Gasteiger charge is -2.27. The second-order valence-electron chi connectivity index (χ2n) is 8.96. The molecule has 0 aliphatic carbocycles. The number of amides is 1. The summed E-state index contributed by atoms with van der Waals surface area (Å²) in [7, 11) is 0. The molecule has 1 atom stereocenters. The summed E-state index contributed by atoms with van der Waals surface area (Å²) < 4.78 is 2.09. The first-order chi connectivity index (χ1) is 18.1. The number of benzene rings is 2. The Bertz CT molecular complexity index is 1300. The van der Waals surface area contributed by atoms with Crippen molar-refractivity contribution in [2.24, 2.45) is 0 Å².